The van der Waals surface area contributed by atoms with Gasteiger partial charge in [0.05, 0.1) is 18.7 Å². The lowest BCUT2D eigenvalue weighted by Crippen LogP contribution is -2.63. The average Bonchev–Trinajstić information content (AvgIpc) is 2.11. The zero-order chi connectivity index (χ0) is 15.1. The highest BCUT2D eigenvalue weighted by Gasteiger charge is 2.48. The molecular weight excluding hydrogens is 250 g/mol. The summed E-state index contributed by atoms with van der Waals surface area (Å²) < 4.78 is 10.9. The molecule has 1 atom stereocenters. The number of rotatable bonds is 1. The molecule has 1 saturated heterocycles. The summed E-state index contributed by atoms with van der Waals surface area (Å²) in [6.45, 7) is 10.6. The SMILES string of the molecule is CC(C)(C)OC(=O)N1CC(C)(C)OC(C)(C(=O)O)C1. The summed E-state index contributed by atoms with van der Waals surface area (Å²) in [7, 11) is 0. The van der Waals surface area contributed by atoms with Gasteiger partial charge in [-0.3, -0.25) is 0 Å². The molecule has 1 amide bonds. The van der Waals surface area contributed by atoms with Gasteiger partial charge in [-0.15, -0.1) is 0 Å². The molecule has 1 fully saturated rings. The van der Waals surface area contributed by atoms with E-state index in [2.05, 4.69) is 0 Å². The van der Waals surface area contributed by atoms with Crippen molar-refractivity contribution in [1.82, 2.24) is 4.90 Å². The zero-order valence-corrected chi connectivity index (χ0v) is 12.4. The van der Waals surface area contributed by atoms with E-state index in [0.717, 1.165) is 0 Å². The van der Waals surface area contributed by atoms with Crippen LogP contribution in [0.25, 0.3) is 0 Å². The van der Waals surface area contributed by atoms with Crippen LogP contribution in [0, 0.1) is 0 Å². The summed E-state index contributed by atoms with van der Waals surface area (Å²) in [6.07, 6.45) is -0.517. The van der Waals surface area contributed by atoms with Crippen LogP contribution in [-0.4, -0.2) is 52.0 Å². The van der Waals surface area contributed by atoms with Crippen LogP contribution < -0.4 is 0 Å². The van der Waals surface area contributed by atoms with Crippen LogP contribution in [0.15, 0.2) is 0 Å². The van der Waals surface area contributed by atoms with Gasteiger partial charge < -0.3 is 19.5 Å². The highest BCUT2D eigenvalue weighted by Crippen LogP contribution is 2.29. The Kier molecular flexibility index (Phi) is 3.87. The summed E-state index contributed by atoms with van der Waals surface area (Å²) in [4.78, 5) is 24.8. The van der Waals surface area contributed by atoms with Crippen LogP contribution >= 0.6 is 0 Å². The molecule has 0 aliphatic carbocycles. The Morgan fingerprint density at radius 2 is 1.74 bits per heavy atom. The van der Waals surface area contributed by atoms with Gasteiger partial charge in [-0.1, -0.05) is 0 Å². The van der Waals surface area contributed by atoms with Crippen molar-refractivity contribution in [3.8, 4) is 0 Å². The lowest BCUT2D eigenvalue weighted by atomic mass is 9.98. The molecule has 6 nitrogen and oxygen atoms in total. The minimum absolute atomic E-state index is 0.0271. The summed E-state index contributed by atoms with van der Waals surface area (Å²) in [6, 6.07) is 0. The maximum Gasteiger partial charge on any atom is 0.410 e. The first-order valence-corrected chi connectivity index (χ1v) is 6.26. The maximum atomic E-state index is 12.1. The van der Waals surface area contributed by atoms with Gasteiger partial charge in [0.25, 0.3) is 0 Å². The predicted octanol–water partition coefficient (Wildman–Crippen LogP) is 1.88. The number of morpholine rings is 1. The molecule has 1 aliphatic rings. The highest BCUT2D eigenvalue weighted by atomic mass is 16.6. The Bertz CT molecular complexity index is 385. The van der Waals surface area contributed by atoms with Gasteiger partial charge in [0.15, 0.2) is 5.60 Å². The quantitative estimate of drug-likeness (QED) is 0.789. The van der Waals surface area contributed by atoms with E-state index in [1.165, 1.54) is 11.8 Å². The standard InChI is InChI=1S/C13H23NO5/c1-11(2,3)18-10(17)14-7-12(4,5)19-13(6,8-14)9(15)16/h7-8H2,1-6H3,(H,15,16). The van der Waals surface area contributed by atoms with Gasteiger partial charge in [0.1, 0.15) is 5.60 Å². The van der Waals surface area contributed by atoms with Crippen molar-refractivity contribution >= 4 is 12.1 Å². The van der Waals surface area contributed by atoms with Crippen molar-refractivity contribution in [2.24, 2.45) is 0 Å². The second-order valence-electron chi connectivity index (χ2n) is 6.73. The fourth-order valence-electron chi connectivity index (χ4n) is 2.12. The van der Waals surface area contributed by atoms with Crippen molar-refractivity contribution in [1.29, 1.82) is 0 Å². The molecular formula is C13H23NO5. The van der Waals surface area contributed by atoms with Crippen LogP contribution in [0.4, 0.5) is 4.79 Å². The van der Waals surface area contributed by atoms with E-state index in [4.69, 9.17) is 9.47 Å². The minimum Gasteiger partial charge on any atom is -0.479 e. The van der Waals surface area contributed by atoms with E-state index in [0.29, 0.717) is 6.54 Å². The van der Waals surface area contributed by atoms with E-state index < -0.39 is 28.9 Å². The Hall–Kier alpha value is -1.30. The molecule has 0 aromatic heterocycles. The Balaban J connectivity index is 2.91. The molecule has 0 radical (unpaired) electrons. The predicted molar refractivity (Wildman–Crippen MR) is 69.0 cm³/mol. The second kappa shape index (κ2) is 4.67. The van der Waals surface area contributed by atoms with E-state index in [-0.39, 0.29) is 6.54 Å². The lowest BCUT2D eigenvalue weighted by molar-refractivity contribution is -0.206. The number of aliphatic carboxylic acids is 1. The van der Waals surface area contributed by atoms with Crippen molar-refractivity contribution in [2.45, 2.75) is 58.3 Å². The monoisotopic (exact) mass is 273 g/mol. The van der Waals surface area contributed by atoms with Gasteiger partial charge in [-0.25, -0.2) is 9.59 Å². The van der Waals surface area contributed by atoms with Crippen LogP contribution in [0.1, 0.15) is 41.5 Å². The number of ether oxygens (including phenoxy) is 2. The molecule has 1 aliphatic heterocycles. The van der Waals surface area contributed by atoms with Gasteiger partial charge in [-0.05, 0) is 41.5 Å². The number of carboxylic acids is 1. The fourth-order valence-corrected chi connectivity index (χ4v) is 2.12. The third-order valence-electron chi connectivity index (χ3n) is 2.67. The van der Waals surface area contributed by atoms with Gasteiger partial charge in [0.2, 0.25) is 0 Å². The summed E-state index contributed by atoms with van der Waals surface area (Å²) in [5, 5.41) is 9.26. The molecule has 1 unspecified atom stereocenters. The van der Waals surface area contributed by atoms with E-state index in [1.54, 1.807) is 34.6 Å². The third-order valence-corrected chi connectivity index (χ3v) is 2.67. The Labute approximate surface area is 113 Å². The van der Waals surface area contributed by atoms with E-state index in [1.807, 2.05) is 0 Å². The molecule has 6 heteroatoms. The smallest absolute Gasteiger partial charge is 0.410 e. The summed E-state index contributed by atoms with van der Waals surface area (Å²) in [5.41, 5.74) is -2.76. The third kappa shape index (κ3) is 4.09. The van der Waals surface area contributed by atoms with Gasteiger partial charge >= 0.3 is 12.1 Å². The first-order valence-electron chi connectivity index (χ1n) is 6.26. The average molecular weight is 273 g/mol. The normalized spacial score (nSPS) is 26.9. The molecule has 0 saturated carbocycles. The van der Waals surface area contributed by atoms with Gasteiger partial charge in [0, 0.05) is 0 Å². The van der Waals surface area contributed by atoms with Gasteiger partial charge in [-0.2, -0.15) is 0 Å². The van der Waals surface area contributed by atoms with Crippen LogP contribution in [0.3, 0.4) is 0 Å². The van der Waals surface area contributed by atoms with Crippen molar-refractivity contribution in [3.63, 3.8) is 0 Å². The number of carboxylic acid groups (broad SMARTS) is 1. The molecule has 0 aromatic carbocycles. The number of amides is 1. The molecule has 0 spiro atoms. The van der Waals surface area contributed by atoms with E-state index in [9.17, 15) is 14.7 Å². The largest absolute Gasteiger partial charge is 0.479 e. The number of hydrogen-bond acceptors (Lipinski definition) is 4. The number of carbonyl (C=O) groups excluding carboxylic acids is 1. The first-order chi connectivity index (χ1) is 8.35. The van der Waals surface area contributed by atoms with Crippen LogP contribution in [-0.2, 0) is 14.3 Å². The molecule has 19 heavy (non-hydrogen) atoms. The number of nitrogens with zero attached hydrogens (tertiary/aromatic N) is 1. The molecule has 0 bridgehead atoms. The number of carbonyl (C=O) groups is 2. The second-order valence-corrected chi connectivity index (χ2v) is 6.73. The fraction of sp³-hybridized carbons (Fsp3) is 0.846. The van der Waals surface area contributed by atoms with Crippen LogP contribution in [0.2, 0.25) is 0 Å². The summed E-state index contributed by atoms with van der Waals surface area (Å²) in [5.74, 6) is -1.09. The van der Waals surface area contributed by atoms with Crippen molar-refractivity contribution in [3.05, 3.63) is 0 Å². The molecule has 1 N–H and O–H groups in total. The molecule has 1 rings (SSSR count). The molecule has 0 aromatic rings. The van der Waals surface area contributed by atoms with Crippen LogP contribution in [0.5, 0.6) is 0 Å². The van der Waals surface area contributed by atoms with Crippen molar-refractivity contribution < 1.29 is 24.2 Å². The topological polar surface area (TPSA) is 76.1 Å². The maximum absolute atomic E-state index is 12.1. The van der Waals surface area contributed by atoms with Crippen molar-refractivity contribution in [2.75, 3.05) is 13.1 Å². The van der Waals surface area contributed by atoms with E-state index >= 15 is 0 Å². The minimum atomic E-state index is -1.42. The summed E-state index contributed by atoms with van der Waals surface area (Å²) >= 11 is 0. The Morgan fingerprint density at radius 3 is 2.16 bits per heavy atom. The highest BCUT2D eigenvalue weighted by molar-refractivity contribution is 5.79. The molecule has 1 heterocycles. The molecule has 110 valence electrons. The number of hydrogen-bond donors (Lipinski definition) is 1. The zero-order valence-electron chi connectivity index (χ0n) is 12.4. The first kappa shape index (κ1) is 15.8. The Morgan fingerprint density at radius 1 is 1.21 bits per heavy atom. The lowest BCUT2D eigenvalue weighted by Gasteiger charge is -2.46.